The maximum atomic E-state index is 13.9. The number of hydrogen-bond donors (Lipinski definition) is 0. The van der Waals surface area contributed by atoms with Crippen molar-refractivity contribution >= 4 is 17.8 Å². The first-order valence-corrected chi connectivity index (χ1v) is 7.79. The summed E-state index contributed by atoms with van der Waals surface area (Å²) < 4.78 is 29.1. The Morgan fingerprint density at radius 2 is 2.00 bits per heavy atom. The summed E-state index contributed by atoms with van der Waals surface area (Å²) in [6.45, 7) is 3.77. The maximum absolute atomic E-state index is 13.9. The third-order valence-corrected chi connectivity index (χ3v) is 3.88. The number of carbonyl (C=O) groups excluding carboxylic acids is 1. The summed E-state index contributed by atoms with van der Waals surface area (Å²) in [6, 6.07) is 8.05. The molecule has 0 atom stereocenters. The minimum Gasteiger partial charge on any atom is -0.487 e. The molecule has 24 heavy (non-hydrogen) atoms. The molecule has 0 N–H and O–H groups in total. The number of carbonyl (C=O) groups is 1. The minimum absolute atomic E-state index is 0.0730. The standard InChI is InChI=1S/C18H18ClFO4/c1-4-12-8-14(19)17(9-15(12)20)23-10-13-11(2)6-5-7-16(13)24-18(21)22-3/h5-9H,4,10H2,1-3H3. The highest BCUT2D eigenvalue weighted by molar-refractivity contribution is 6.32. The summed E-state index contributed by atoms with van der Waals surface area (Å²) in [6.07, 6.45) is -0.279. The van der Waals surface area contributed by atoms with E-state index in [1.165, 1.54) is 13.2 Å². The van der Waals surface area contributed by atoms with Crippen LogP contribution in [0.4, 0.5) is 9.18 Å². The van der Waals surface area contributed by atoms with Crippen LogP contribution >= 0.6 is 11.6 Å². The van der Waals surface area contributed by atoms with Crippen molar-refractivity contribution in [1.29, 1.82) is 0 Å². The Bertz CT molecular complexity index is 746. The highest BCUT2D eigenvalue weighted by Crippen LogP contribution is 2.30. The van der Waals surface area contributed by atoms with Gasteiger partial charge in [-0.2, -0.15) is 0 Å². The summed E-state index contributed by atoms with van der Waals surface area (Å²) in [7, 11) is 1.23. The first-order valence-electron chi connectivity index (χ1n) is 7.41. The van der Waals surface area contributed by atoms with Crippen molar-refractivity contribution in [1.82, 2.24) is 0 Å². The van der Waals surface area contributed by atoms with Gasteiger partial charge in [-0.1, -0.05) is 30.7 Å². The molecule has 0 unspecified atom stereocenters. The van der Waals surface area contributed by atoms with Gasteiger partial charge in [0, 0.05) is 11.6 Å². The first kappa shape index (κ1) is 18.1. The van der Waals surface area contributed by atoms with Gasteiger partial charge in [-0.3, -0.25) is 0 Å². The van der Waals surface area contributed by atoms with Crippen molar-refractivity contribution in [3.8, 4) is 11.5 Å². The Kier molecular flexibility index (Phi) is 6.04. The van der Waals surface area contributed by atoms with Gasteiger partial charge in [-0.15, -0.1) is 0 Å². The van der Waals surface area contributed by atoms with Crippen LogP contribution in [0, 0.1) is 12.7 Å². The fourth-order valence-corrected chi connectivity index (χ4v) is 2.43. The largest absolute Gasteiger partial charge is 0.513 e. The Morgan fingerprint density at radius 1 is 1.25 bits per heavy atom. The third-order valence-electron chi connectivity index (χ3n) is 3.58. The predicted molar refractivity (Wildman–Crippen MR) is 89.3 cm³/mol. The van der Waals surface area contributed by atoms with Crippen molar-refractivity contribution in [3.63, 3.8) is 0 Å². The van der Waals surface area contributed by atoms with Crippen LogP contribution in [-0.4, -0.2) is 13.3 Å². The van der Waals surface area contributed by atoms with E-state index in [0.717, 1.165) is 5.56 Å². The second-order valence-corrected chi connectivity index (χ2v) is 5.53. The summed E-state index contributed by atoms with van der Waals surface area (Å²) >= 11 is 6.14. The molecule has 0 radical (unpaired) electrons. The van der Waals surface area contributed by atoms with Crippen LogP contribution in [0.2, 0.25) is 5.02 Å². The quantitative estimate of drug-likeness (QED) is 0.556. The molecule has 2 aromatic carbocycles. The topological polar surface area (TPSA) is 44.8 Å². The average Bonchev–Trinajstić information content (AvgIpc) is 2.56. The highest BCUT2D eigenvalue weighted by Gasteiger charge is 2.14. The minimum atomic E-state index is -0.821. The molecule has 128 valence electrons. The van der Waals surface area contributed by atoms with E-state index in [-0.39, 0.29) is 18.2 Å². The van der Waals surface area contributed by atoms with Crippen molar-refractivity contribution < 1.29 is 23.4 Å². The van der Waals surface area contributed by atoms with Gasteiger partial charge in [0.25, 0.3) is 0 Å². The normalized spacial score (nSPS) is 10.4. The molecule has 2 aromatic rings. The molecule has 6 heteroatoms. The van der Waals surface area contributed by atoms with Gasteiger partial charge in [0.2, 0.25) is 0 Å². The second kappa shape index (κ2) is 8.02. The van der Waals surface area contributed by atoms with Gasteiger partial charge in [0.15, 0.2) is 0 Å². The molecule has 0 aliphatic heterocycles. The molecule has 0 amide bonds. The van der Waals surface area contributed by atoms with Crippen LogP contribution in [0.25, 0.3) is 0 Å². The maximum Gasteiger partial charge on any atom is 0.513 e. The zero-order valence-corrected chi connectivity index (χ0v) is 14.4. The molecule has 0 aliphatic carbocycles. The summed E-state index contributed by atoms with van der Waals surface area (Å²) in [5.41, 5.74) is 2.04. The summed E-state index contributed by atoms with van der Waals surface area (Å²) in [4.78, 5) is 11.3. The fourth-order valence-electron chi connectivity index (χ4n) is 2.19. The zero-order chi connectivity index (χ0) is 17.7. The fraction of sp³-hybridized carbons (Fsp3) is 0.278. The lowest BCUT2D eigenvalue weighted by Crippen LogP contribution is -2.10. The van der Waals surface area contributed by atoms with Crippen LogP contribution in [0.5, 0.6) is 11.5 Å². The SMILES string of the molecule is CCc1cc(Cl)c(OCc2c(C)cccc2OC(=O)OC)cc1F. The van der Waals surface area contributed by atoms with Gasteiger partial charge >= 0.3 is 6.16 Å². The van der Waals surface area contributed by atoms with Gasteiger partial charge in [0.05, 0.1) is 12.1 Å². The lowest BCUT2D eigenvalue weighted by molar-refractivity contribution is 0.120. The van der Waals surface area contributed by atoms with Crippen LogP contribution in [0.3, 0.4) is 0 Å². The second-order valence-electron chi connectivity index (χ2n) is 5.12. The summed E-state index contributed by atoms with van der Waals surface area (Å²) in [5.74, 6) is 0.190. The molecule has 0 aliphatic rings. The molecule has 0 saturated heterocycles. The molecular formula is C18H18ClFO4. The van der Waals surface area contributed by atoms with E-state index < -0.39 is 6.16 Å². The van der Waals surface area contributed by atoms with Crippen LogP contribution in [-0.2, 0) is 17.8 Å². The Balaban J connectivity index is 2.23. The summed E-state index contributed by atoms with van der Waals surface area (Å²) in [5, 5.41) is 0.331. The molecule has 0 bridgehead atoms. The van der Waals surface area contributed by atoms with Gasteiger partial charge in [-0.25, -0.2) is 9.18 Å². The van der Waals surface area contributed by atoms with E-state index in [9.17, 15) is 9.18 Å². The number of benzene rings is 2. The first-order chi connectivity index (χ1) is 11.5. The average molecular weight is 353 g/mol. The predicted octanol–water partition coefficient (Wildman–Crippen LogP) is 5.07. The van der Waals surface area contributed by atoms with Crippen molar-refractivity contribution in [2.24, 2.45) is 0 Å². The monoisotopic (exact) mass is 352 g/mol. The molecule has 0 saturated carbocycles. The van der Waals surface area contributed by atoms with Crippen LogP contribution in [0.1, 0.15) is 23.6 Å². The molecular weight excluding hydrogens is 335 g/mol. The van der Waals surface area contributed by atoms with E-state index in [1.54, 1.807) is 18.2 Å². The highest BCUT2D eigenvalue weighted by atomic mass is 35.5. The zero-order valence-electron chi connectivity index (χ0n) is 13.7. The van der Waals surface area contributed by atoms with Crippen molar-refractivity contribution in [2.45, 2.75) is 26.9 Å². The van der Waals surface area contributed by atoms with E-state index in [0.29, 0.717) is 28.3 Å². The number of hydrogen-bond acceptors (Lipinski definition) is 4. The lowest BCUT2D eigenvalue weighted by atomic mass is 10.1. The molecule has 0 fully saturated rings. The number of ether oxygens (including phenoxy) is 3. The number of aryl methyl sites for hydroxylation is 2. The Hall–Kier alpha value is -2.27. The van der Waals surface area contributed by atoms with E-state index in [1.807, 2.05) is 19.9 Å². The number of rotatable bonds is 5. The number of methoxy groups -OCH3 is 1. The van der Waals surface area contributed by atoms with E-state index >= 15 is 0 Å². The molecule has 0 spiro atoms. The number of halogens is 2. The van der Waals surface area contributed by atoms with Crippen LogP contribution in [0.15, 0.2) is 30.3 Å². The van der Waals surface area contributed by atoms with Crippen molar-refractivity contribution in [3.05, 3.63) is 57.9 Å². The van der Waals surface area contributed by atoms with Gasteiger partial charge in [-0.05, 0) is 36.6 Å². The Morgan fingerprint density at radius 3 is 2.67 bits per heavy atom. The van der Waals surface area contributed by atoms with E-state index in [2.05, 4.69) is 4.74 Å². The smallest absolute Gasteiger partial charge is 0.487 e. The van der Waals surface area contributed by atoms with Crippen LogP contribution < -0.4 is 9.47 Å². The third kappa shape index (κ3) is 4.17. The Labute approximate surface area is 145 Å². The lowest BCUT2D eigenvalue weighted by Gasteiger charge is -2.14. The van der Waals surface area contributed by atoms with E-state index in [4.69, 9.17) is 21.1 Å². The molecule has 0 aromatic heterocycles. The van der Waals surface area contributed by atoms with Gasteiger partial charge in [0.1, 0.15) is 23.9 Å². The molecule has 2 rings (SSSR count). The molecule has 0 heterocycles. The molecule has 4 nitrogen and oxygen atoms in total. The van der Waals surface area contributed by atoms with Gasteiger partial charge < -0.3 is 14.2 Å². The van der Waals surface area contributed by atoms with Crippen molar-refractivity contribution in [2.75, 3.05) is 7.11 Å².